The molecule has 24 heavy (non-hydrogen) atoms. The van der Waals surface area contributed by atoms with Gasteiger partial charge in [-0.25, -0.2) is 8.42 Å². The largest absolute Gasteiger partial charge is 0.326 e. The fourth-order valence-corrected chi connectivity index (χ4v) is 4.58. The summed E-state index contributed by atoms with van der Waals surface area (Å²) in [4.78, 5) is 12.1. The van der Waals surface area contributed by atoms with Gasteiger partial charge in [0.25, 0.3) is 0 Å². The van der Waals surface area contributed by atoms with Crippen LogP contribution in [0.25, 0.3) is 0 Å². The second-order valence-electron chi connectivity index (χ2n) is 7.62. The summed E-state index contributed by atoms with van der Waals surface area (Å²) in [5.74, 6) is 0.0915. The predicted molar refractivity (Wildman–Crippen MR) is 98.9 cm³/mol. The van der Waals surface area contributed by atoms with Crippen LogP contribution in [0.5, 0.6) is 0 Å². The van der Waals surface area contributed by atoms with Gasteiger partial charge in [0.05, 0.1) is 11.4 Å². The molecule has 0 spiro atoms. The summed E-state index contributed by atoms with van der Waals surface area (Å²) in [5, 5.41) is 2.89. The SMILES string of the molecule is CCCS(=O)(=O)N1CCCc2ccc(NC(=O)CC(C)(C)C)cc21. The molecule has 0 atom stereocenters. The summed E-state index contributed by atoms with van der Waals surface area (Å²) in [7, 11) is -3.30. The van der Waals surface area contributed by atoms with Crippen LogP contribution in [0.15, 0.2) is 18.2 Å². The van der Waals surface area contributed by atoms with Crippen molar-refractivity contribution in [2.45, 2.75) is 53.4 Å². The second-order valence-corrected chi connectivity index (χ2v) is 9.63. The number of sulfonamides is 1. The molecule has 1 aromatic rings. The molecule has 1 N–H and O–H groups in total. The summed E-state index contributed by atoms with van der Waals surface area (Å²) in [6.07, 6.45) is 2.70. The van der Waals surface area contributed by atoms with Gasteiger partial charge in [-0.1, -0.05) is 33.8 Å². The van der Waals surface area contributed by atoms with E-state index in [1.54, 1.807) is 6.07 Å². The molecule has 1 aliphatic heterocycles. The minimum atomic E-state index is -3.30. The van der Waals surface area contributed by atoms with Crippen LogP contribution < -0.4 is 9.62 Å². The third-order valence-electron chi connectivity index (χ3n) is 3.93. The third-order valence-corrected chi connectivity index (χ3v) is 5.91. The zero-order valence-electron chi connectivity index (χ0n) is 15.1. The first kappa shape index (κ1) is 18.8. The molecule has 0 aromatic heterocycles. The number of fused-ring (bicyclic) bond motifs is 1. The van der Waals surface area contributed by atoms with Gasteiger partial charge in [0.15, 0.2) is 0 Å². The first-order valence-electron chi connectivity index (χ1n) is 8.55. The highest BCUT2D eigenvalue weighted by Gasteiger charge is 2.27. The van der Waals surface area contributed by atoms with E-state index in [4.69, 9.17) is 0 Å². The van der Waals surface area contributed by atoms with Crippen molar-refractivity contribution in [2.75, 3.05) is 21.9 Å². The molecule has 2 rings (SSSR count). The van der Waals surface area contributed by atoms with Gasteiger partial charge in [-0.05, 0) is 42.4 Å². The van der Waals surface area contributed by atoms with Gasteiger partial charge in [-0.2, -0.15) is 0 Å². The molecule has 1 aliphatic rings. The number of anilines is 2. The van der Waals surface area contributed by atoms with Crippen molar-refractivity contribution >= 4 is 27.3 Å². The second kappa shape index (κ2) is 7.13. The van der Waals surface area contributed by atoms with Crippen LogP contribution in [-0.2, 0) is 21.2 Å². The lowest BCUT2D eigenvalue weighted by molar-refractivity contribution is -0.117. The van der Waals surface area contributed by atoms with E-state index in [2.05, 4.69) is 5.32 Å². The molecule has 1 amide bonds. The van der Waals surface area contributed by atoms with Crippen molar-refractivity contribution in [1.82, 2.24) is 0 Å². The normalized spacial score (nSPS) is 15.1. The predicted octanol–water partition coefficient (Wildman–Crippen LogP) is 3.55. The lowest BCUT2D eigenvalue weighted by Crippen LogP contribution is -2.37. The Morgan fingerprint density at radius 1 is 1.29 bits per heavy atom. The van der Waals surface area contributed by atoms with E-state index in [1.165, 1.54) is 4.31 Å². The molecule has 0 radical (unpaired) electrons. The fraction of sp³-hybridized carbons (Fsp3) is 0.611. The quantitative estimate of drug-likeness (QED) is 0.881. The van der Waals surface area contributed by atoms with E-state index in [0.717, 1.165) is 18.4 Å². The van der Waals surface area contributed by atoms with Gasteiger partial charge in [-0.3, -0.25) is 9.10 Å². The third kappa shape index (κ3) is 4.72. The van der Waals surface area contributed by atoms with Crippen molar-refractivity contribution in [1.29, 1.82) is 0 Å². The molecule has 0 bridgehead atoms. The van der Waals surface area contributed by atoms with Crippen LogP contribution in [0.2, 0.25) is 0 Å². The van der Waals surface area contributed by atoms with Crippen LogP contribution in [-0.4, -0.2) is 26.6 Å². The number of amides is 1. The number of benzene rings is 1. The van der Waals surface area contributed by atoms with E-state index < -0.39 is 10.0 Å². The molecule has 0 fully saturated rings. The first-order valence-corrected chi connectivity index (χ1v) is 10.2. The maximum atomic E-state index is 12.5. The zero-order chi connectivity index (χ0) is 18.0. The van der Waals surface area contributed by atoms with Crippen LogP contribution >= 0.6 is 0 Å². The Bertz CT molecular complexity index is 705. The molecule has 0 saturated carbocycles. The van der Waals surface area contributed by atoms with E-state index in [1.807, 2.05) is 39.8 Å². The lowest BCUT2D eigenvalue weighted by Gasteiger charge is -2.31. The summed E-state index contributed by atoms with van der Waals surface area (Å²) < 4.78 is 26.5. The summed E-state index contributed by atoms with van der Waals surface area (Å²) in [5.41, 5.74) is 2.30. The number of rotatable bonds is 5. The Morgan fingerprint density at radius 3 is 2.62 bits per heavy atom. The molecular weight excluding hydrogens is 324 g/mol. The van der Waals surface area contributed by atoms with Gasteiger partial charge in [0, 0.05) is 18.7 Å². The topological polar surface area (TPSA) is 66.5 Å². The standard InChI is InChI=1S/C18H28N2O3S/c1-5-11-24(22,23)20-10-6-7-14-8-9-15(12-16(14)20)19-17(21)13-18(2,3)4/h8-9,12H,5-7,10-11,13H2,1-4H3,(H,19,21). The minimum Gasteiger partial charge on any atom is -0.326 e. The average molecular weight is 353 g/mol. The van der Waals surface area contributed by atoms with Crippen molar-refractivity contribution in [3.63, 3.8) is 0 Å². The first-order chi connectivity index (χ1) is 11.1. The van der Waals surface area contributed by atoms with Gasteiger partial charge < -0.3 is 5.32 Å². The zero-order valence-corrected chi connectivity index (χ0v) is 15.9. The monoisotopic (exact) mass is 352 g/mol. The van der Waals surface area contributed by atoms with E-state index in [0.29, 0.717) is 30.8 Å². The number of nitrogens with one attached hydrogen (secondary N) is 1. The van der Waals surface area contributed by atoms with Gasteiger partial charge in [-0.15, -0.1) is 0 Å². The molecule has 1 heterocycles. The maximum absolute atomic E-state index is 12.5. The molecule has 5 nitrogen and oxygen atoms in total. The Hall–Kier alpha value is -1.56. The Labute approximate surface area is 145 Å². The fourth-order valence-electron chi connectivity index (χ4n) is 2.96. The van der Waals surface area contributed by atoms with Crippen molar-refractivity contribution in [3.8, 4) is 0 Å². The molecular formula is C18H28N2O3S. The molecule has 134 valence electrons. The highest BCUT2D eigenvalue weighted by Crippen LogP contribution is 2.32. The number of hydrogen-bond acceptors (Lipinski definition) is 3. The minimum absolute atomic E-state index is 0.0544. The number of hydrogen-bond donors (Lipinski definition) is 1. The Morgan fingerprint density at radius 2 is 2.00 bits per heavy atom. The van der Waals surface area contributed by atoms with Crippen LogP contribution in [0.3, 0.4) is 0 Å². The summed E-state index contributed by atoms with van der Waals surface area (Å²) >= 11 is 0. The smallest absolute Gasteiger partial charge is 0.235 e. The van der Waals surface area contributed by atoms with Gasteiger partial charge >= 0.3 is 0 Å². The highest BCUT2D eigenvalue weighted by molar-refractivity contribution is 7.92. The van der Waals surface area contributed by atoms with Crippen LogP contribution in [0, 0.1) is 5.41 Å². The number of carbonyl (C=O) groups is 1. The number of aryl methyl sites for hydroxylation is 1. The average Bonchev–Trinajstić information content (AvgIpc) is 2.44. The summed E-state index contributed by atoms with van der Waals surface area (Å²) in [6, 6.07) is 5.58. The van der Waals surface area contributed by atoms with Gasteiger partial charge in [0.2, 0.25) is 15.9 Å². The summed E-state index contributed by atoms with van der Waals surface area (Å²) in [6.45, 7) is 8.41. The molecule has 0 saturated heterocycles. The molecule has 0 aliphatic carbocycles. The van der Waals surface area contributed by atoms with E-state index in [-0.39, 0.29) is 17.1 Å². The van der Waals surface area contributed by atoms with E-state index in [9.17, 15) is 13.2 Å². The lowest BCUT2D eigenvalue weighted by atomic mass is 9.92. The van der Waals surface area contributed by atoms with Crippen LogP contribution in [0.4, 0.5) is 11.4 Å². The number of nitrogens with zero attached hydrogens (tertiary/aromatic N) is 1. The molecule has 0 unspecified atom stereocenters. The Kier molecular flexibility index (Phi) is 5.58. The number of carbonyl (C=O) groups excluding carboxylic acids is 1. The molecule has 1 aromatic carbocycles. The maximum Gasteiger partial charge on any atom is 0.235 e. The van der Waals surface area contributed by atoms with Gasteiger partial charge in [0.1, 0.15) is 0 Å². The van der Waals surface area contributed by atoms with E-state index >= 15 is 0 Å². The van der Waals surface area contributed by atoms with Crippen molar-refractivity contribution in [3.05, 3.63) is 23.8 Å². The Balaban J connectivity index is 2.26. The van der Waals surface area contributed by atoms with Crippen LogP contribution in [0.1, 0.15) is 52.5 Å². The van der Waals surface area contributed by atoms with Crippen molar-refractivity contribution < 1.29 is 13.2 Å². The van der Waals surface area contributed by atoms with Crippen molar-refractivity contribution in [2.24, 2.45) is 5.41 Å². The molecule has 6 heteroatoms. The highest BCUT2D eigenvalue weighted by atomic mass is 32.2.